The average Bonchev–Trinajstić information content (AvgIpc) is 3.08. The van der Waals surface area contributed by atoms with Crippen LogP contribution in [0.3, 0.4) is 0 Å². The van der Waals surface area contributed by atoms with Gasteiger partial charge in [-0.05, 0) is 6.92 Å². The number of halogens is 4. The van der Waals surface area contributed by atoms with Crippen LogP contribution in [0.4, 0.5) is 4.79 Å². The van der Waals surface area contributed by atoms with Crippen LogP contribution in [-0.4, -0.2) is 76.9 Å². The van der Waals surface area contributed by atoms with E-state index in [-0.39, 0.29) is 29.3 Å². The van der Waals surface area contributed by atoms with E-state index in [9.17, 15) is 19.5 Å². The van der Waals surface area contributed by atoms with Gasteiger partial charge in [0.15, 0.2) is 9.84 Å². The van der Waals surface area contributed by atoms with Gasteiger partial charge in [0.2, 0.25) is 9.70 Å². The number of carboxylic acids is 1. The van der Waals surface area contributed by atoms with Crippen LogP contribution in [-0.2, 0) is 9.59 Å². The first-order valence-corrected chi connectivity index (χ1v) is 12.7. The van der Waals surface area contributed by atoms with E-state index in [0.29, 0.717) is 4.34 Å². The number of β-lactam (4-membered cyclic amide) rings is 1. The number of aliphatic carboxylic acids is 1. The predicted molar refractivity (Wildman–Crippen MR) is 119 cm³/mol. The number of rotatable bonds is 6. The van der Waals surface area contributed by atoms with Crippen LogP contribution in [0.25, 0.3) is 0 Å². The molecular formula is C14H15Cl4N5O4S3. The van der Waals surface area contributed by atoms with Gasteiger partial charge in [0.05, 0.1) is 0 Å². The van der Waals surface area contributed by atoms with Gasteiger partial charge in [0.1, 0.15) is 21.8 Å². The molecule has 3 rings (SSSR count). The molecule has 16 heteroatoms. The van der Waals surface area contributed by atoms with Crippen LogP contribution in [0.2, 0.25) is 0 Å². The number of aromatic nitrogens is 2. The molecule has 4 atom stereocenters. The van der Waals surface area contributed by atoms with E-state index in [1.807, 2.05) is 6.92 Å². The molecule has 3 N–H and O–H groups in total. The summed E-state index contributed by atoms with van der Waals surface area (Å²) in [6.07, 6.45) is 0. The van der Waals surface area contributed by atoms with Crippen molar-refractivity contribution in [3.05, 3.63) is 5.01 Å². The molecule has 2 fully saturated rings. The summed E-state index contributed by atoms with van der Waals surface area (Å²) in [5.74, 6) is -0.856. The molecular weight excluding hydrogens is 540 g/mol. The molecule has 0 aromatic carbocycles. The normalized spacial score (nSPS) is 27.1. The van der Waals surface area contributed by atoms with E-state index in [2.05, 4.69) is 20.8 Å². The molecule has 3 heterocycles. The van der Waals surface area contributed by atoms with Gasteiger partial charge in [-0.15, -0.1) is 22.0 Å². The van der Waals surface area contributed by atoms with Crippen molar-refractivity contribution in [3.63, 3.8) is 0 Å². The molecule has 30 heavy (non-hydrogen) atoms. The summed E-state index contributed by atoms with van der Waals surface area (Å²) < 4.78 is -1.24. The Morgan fingerprint density at radius 1 is 1.43 bits per heavy atom. The summed E-state index contributed by atoms with van der Waals surface area (Å²) in [6.45, 7) is 1.85. The van der Waals surface area contributed by atoms with Gasteiger partial charge in [-0.3, -0.25) is 9.59 Å². The number of hydrogen-bond acceptors (Lipinski definition) is 8. The predicted octanol–water partition coefficient (Wildman–Crippen LogP) is 2.53. The first kappa shape index (κ1) is 24.3. The molecule has 2 aliphatic rings. The fourth-order valence-corrected chi connectivity index (χ4v) is 6.76. The Balaban J connectivity index is 1.59. The third-order valence-electron chi connectivity index (χ3n) is 4.41. The molecule has 1 aromatic heterocycles. The SMILES string of the molecule is Cc1nnc(SCC2(C(=O)O)CS[C@@H]3C(NC(=O)NC(Cl)C(Cl)(Cl)Cl)C(=O)N3C2)s1. The number of carbonyl (C=O) groups excluding carboxylic acids is 2. The van der Waals surface area contributed by atoms with Crippen molar-refractivity contribution in [1.82, 2.24) is 25.7 Å². The molecule has 166 valence electrons. The second-order valence-corrected chi connectivity index (χ2v) is 12.9. The van der Waals surface area contributed by atoms with Gasteiger partial charge in [0, 0.05) is 18.1 Å². The zero-order valence-electron chi connectivity index (χ0n) is 15.1. The quantitative estimate of drug-likeness (QED) is 0.212. The first-order valence-electron chi connectivity index (χ1n) is 8.29. The summed E-state index contributed by atoms with van der Waals surface area (Å²) in [7, 11) is 0. The van der Waals surface area contributed by atoms with Gasteiger partial charge in [-0.25, -0.2) is 4.79 Å². The highest BCUT2D eigenvalue weighted by Crippen LogP contribution is 2.44. The molecule has 0 aliphatic carbocycles. The molecule has 3 unspecified atom stereocenters. The lowest BCUT2D eigenvalue weighted by atomic mass is 9.89. The lowest BCUT2D eigenvalue weighted by Gasteiger charge is -2.53. The minimum Gasteiger partial charge on any atom is -0.481 e. The van der Waals surface area contributed by atoms with E-state index in [1.165, 1.54) is 39.8 Å². The molecule has 3 amide bonds. The maximum absolute atomic E-state index is 12.5. The Hall–Kier alpha value is -0.370. The summed E-state index contributed by atoms with van der Waals surface area (Å²) in [5, 5.41) is 22.9. The number of carboxylic acid groups (broad SMARTS) is 1. The van der Waals surface area contributed by atoms with Crippen molar-refractivity contribution in [1.29, 1.82) is 0 Å². The molecule has 2 aliphatic heterocycles. The molecule has 0 radical (unpaired) electrons. The molecule has 1 aromatic rings. The van der Waals surface area contributed by atoms with E-state index >= 15 is 0 Å². The first-order chi connectivity index (χ1) is 13.9. The topological polar surface area (TPSA) is 125 Å². The summed E-state index contributed by atoms with van der Waals surface area (Å²) in [6, 6.07) is -1.59. The summed E-state index contributed by atoms with van der Waals surface area (Å²) in [5.41, 5.74) is -2.43. The molecule has 0 bridgehead atoms. The zero-order valence-corrected chi connectivity index (χ0v) is 20.6. The van der Waals surface area contributed by atoms with Crippen LogP contribution in [0.15, 0.2) is 4.34 Å². The maximum Gasteiger partial charge on any atom is 0.316 e. The van der Waals surface area contributed by atoms with Crippen LogP contribution in [0.1, 0.15) is 5.01 Å². The summed E-state index contributed by atoms with van der Waals surface area (Å²) >= 11 is 26.6. The Kier molecular flexibility index (Phi) is 7.48. The van der Waals surface area contributed by atoms with Crippen LogP contribution in [0, 0.1) is 12.3 Å². The Labute approximate surface area is 203 Å². The smallest absolute Gasteiger partial charge is 0.316 e. The monoisotopic (exact) mass is 553 g/mol. The van der Waals surface area contributed by atoms with E-state index in [0.717, 1.165) is 5.01 Å². The Morgan fingerprint density at radius 2 is 2.13 bits per heavy atom. The zero-order chi connectivity index (χ0) is 22.3. The van der Waals surface area contributed by atoms with Crippen molar-refractivity contribution in [2.24, 2.45) is 5.41 Å². The number of thioether (sulfide) groups is 2. The second kappa shape index (κ2) is 9.24. The number of amides is 3. The van der Waals surface area contributed by atoms with Crippen LogP contribution < -0.4 is 10.6 Å². The number of carbonyl (C=O) groups is 3. The minimum atomic E-state index is -1.92. The van der Waals surface area contributed by atoms with Gasteiger partial charge >= 0.3 is 12.0 Å². The molecule has 0 spiro atoms. The molecule has 9 nitrogen and oxygen atoms in total. The summed E-state index contributed by atoms with van der Waals surface area (Å²) in [4.78, 5) is 38.1. The fourth-order valence-electron chi connectivity index (χ4n) is 2.82. The number of hydrogen-bond donors (Lipinski definition) is 3. The highest BCUT2D eigenvalue weighted by atomic mass is 35.6. The second-order valence-electron chi connectivity index (χ2n) is 6.63. The van der Waals surface area contributed by atoms with Gasteiger partial charge < -0.3 is 20.6 Å². The number of fused-ring (bicyclic) bond motifs is 1. The van der Waals surface area contributed by atoms with Crippen LogP contribution >= 0.6 is 81.3 Å². The fraction of sp³-hybridized carbons (Fsp3) is 0.643. The highest BCUT2D eigenvalue weighted by Gasteiger charge is 2.57. The lowest BCUT2D eigenvalue weighted by Crippen LogP contribution is -2.74. The van der Waals surface area contributed by atoms with E-state index < -0.39 is 32.8 Å². The van der Waals surface area contributed by atoms with E-state index in [1.54, 1.807) is 0 Å². The lowest BCUT2D eigenvalue weighted by molar-refractivity contribution is -0.156. The number of aryl methyl sites for hydroxylation is 1. The van der Waals surface area contributed by atoms with Crippen molar-refractivity contribution in [3.8, 4) is 0 Å². The van der Waals surface area contributed by atoms with Crippen LogP contribution in [0.5, 0.6) is 0 Å². The number of nitrogens with one attached hydrogen (secondary N) is 2. The standard InChI is InChI=1S/C14H15Cl4N5O4S3/c1-5-21-22-12(30-5)29-4-13(10(25)26)2-23-7(24)6(8(23)28-3-13)19-11(27)20-9(15)14(16,17)18/h6,8-9H,2-4H2,1H3,(H,25,26)(H2,19,20,27)/t6?,8-,9?,13?/m1/s1. The average molecular weight is 555 g/mol. The van der Waals surface area contributed by atoms with Crippen molar-refractivity contribution >= 4 is 99.2 Å². The Morgan fingerprint density at radius 3 is 2.70 bits per heavy atom. The van der Waals surface area contributed by atoms with Crippen molar-refractivity contribution in [2.45, 2.75) is 32.0 Å². The third-order valence-corrected chi connectivity index (χ3v) is 9.69. The van der Waals surface area contributed by atoms with E-state index in [4.69, 9.17) is 46.4 Å². The largest absolute Gasteiger partial charge is 0.481 e. The number of urea groups is 1. The Bertz CT molecular complexity index is 856. The maximum atomic E-state index is 12.5. The molecule has 0 saturated carbocycles. The third kappa shape index (κ3) is 5.16. The van der Waals surface area contributed by atoms with Gasteiger partial charge in [-0.1, -0.05) is 69.5 Å². The van der Waals surface area contributed by atoms with Gasteiger partial charge in [-0.2, -0.15) is 0 Å². The number of alkyl halides is 4. The molecule has 2 saturated heterocycles. The van der Waals surface area contributed by atoms with Crippen molar-refractivity contribution < 1.29 is 19.5 Å². The number of nitrogens with zero attached hydrogens (tertiary/aromatic N) is 3. The minimum absolute atomic E-state index is 0.0374. The van der Waals surface area contributed by atoms with Gasteiger partial charge in [0.25, 0.3) is 0 Å². The van der Waals surface area contributed by atoms with Crippen molar-refractivity contribution in [2.75, 3.05) is 18.1 Å². The highest BCUT2D eigenvalue weighted by molar-refractivity contribution is 8.01.